The number of hydrogen-bond donors (Lipinski definition) is 0. The number of rotatable bonds is 2. The highest BCUT2D eigenvalue weighted by Gasteiger charge is 2.26. The van der Waals surface area contributed by atoms with E-state index in [0.717, 1.165) is 16.4 Å². The minimum absolute atomic E-state index is 0.365. The minimum atomic E-state index is 0.365. The molecular weight excluding hydrogens is 204 g/mol. The first-order valence-corrected chi connectivity index (χ1v) is 5.94. The summed E-state index contributed by atoms with van der Waals surface area (Å²) >= 11 is 7.89. The summed E-state index contributed by atoms with van der Waals surface area (Å²) in [4.78, 5) is 0. The average Bonchev–Trinajstić information content (AvgIpc) is 2.64. The van der Waals surface area contributed by atoms with Gasteiger partial charge in [-0.3, -0.25) is 0 Å². The van der Waals surface area contributed by atoms with Crippen molar-refractivity contribution in [2.24, 2.45) is 5.92 Å². The van der Waals surface area contributed by atoms with E-state index in [1.807, 2.05) is 6.92 Å². The van der Waals surface area contributed by atoms with Crippen molar-refractivity contribution in [1.82, 2.24) is 10.2 Å². The summed E-state index contributed by atoms with van der Waals surface area (Å²) in [6, 6.07) is 0. The van der Waals surface area contributed by atoms with Gasteiger partial charge in [0.25, 0.3) is 0 Å². The van der Waals surface area contributed by atoms with E-state index < -0.39 is 0 Å². The summed E-state index contributed by atoms with van der Waals surface area (Å²) in [5.41, 5.74) is 0. The highest BCUT2D eigenvalue weighted by Crippen LogP contribution is 2.33. The zero-order chi connectivity index (χ0) is 9.26. The molecule has 13 heavy (non-hydrogen) atoms. The Labute approximate surface area is 87.3 Å². The molecule has 1 aromatic heterocycles. The van der Waals surface area contributed by atoms with E-state index in [4.69, 9.17) is 11.6 Å². The van der Waals surface area contributed by atoms with E-state index in [-0.39, 0.29) is 0 Å². The van der Waals surface area contributed by atoms with Gasteiger partial charge in [0, 0.05) is 11.8 Å². The van der Waals surface area contributed by atoms with Crippen LogP contribution in [0.15, 0.2) is 0 Å². The highest BCUT2D eigenvalue weighted by atomic mass is 35.5. The van der Waals surface area contributed by atoms with Crippen LogP contribution in [0.4, 0.5) is 0 Å². The monoisotopic (exact) mass is 216 g/mol. The molecule has 1 heterocycles. The zero-order valence-corrected chi connectivity index (χ0v) is 9.24. The first-order chi connectivity index (χ1) is 6.25. The van der Waals surface area contributed by atoms with Crippen molar-refractivity contribution in [2.45, 2.75) is 38.0 Å². The van der Waals surface area contributed by atoms with Gasteiger partial charge in [0.2, 0.25) is 0 Å². The largest absolute Gasteiger partial charge is 0.144 e. The molecule has 0 saturated heterocycles. The summed E-state index contributed by atoms with van der Waals surface area (Å²) < 4.78 is 0. The quantitative estimate of drug-likeness (QED) is 0.711. The molecule has 2 atom stereocenters. The molecule has 1 fully saturated rings. The van der Waals surface area contributed by atoms with Crippen LogP contribution in [0.3, 0.4) is 0 Å². The van der Waals surface area contributed by atoms with E-state index >= 15 is 0 Å². The van der Waals surface area contributed by atoms with Gasteiger partial charge in [-0.05, 0) is 25.7 Å². The third-order valence-corrected chi connectivity index (χ3v) is 4.01. The van der Waals surface area contributed by atoms with Gasteiger partial charge >= 0.3 is 0 Å². The van der Waals surface area contributed by atoms with Gasteiger partial charge in [-0.2, -0.15) is 0 Å². The second-order valence-electron chi connectivity index (χ2n) is 3.63. The van der Waals surface area contributed by atoms with Gasteiger partial charge in [0.05, 0.1) is 0 Å². The van der Waals surface area contributed by atoms with Gasteiger partial charge in [-0.1, -0.05) is 6.42 Å². The molecule has 1 aliphatic carbocycles. The van der Waals surface area contributed by atoms with Crippen molar-refractivity contribution in [3.05, 3.63) is 10.0 Å². The highest BCUT2D eigenvalue weighted by molar-refractivity contribution is 7.11. The smallest absolute Gasteiger partial charge is 0.117 e. The summed E-state index contributed by atoms with van der Waals surface area (Å²) in [5, 5.41) is 10.7. The van der Waals surface area contributed by atoms with E-state index in [0.29, 0.717) is 11.3 Å². The topological polar surface area (TPSA) is 25.8 Å². The number of nitrogens with zero attached hydrogens (tertiary/aromatic N) is 2. The molecule has 0 N–H and O–H groups in total. The molecule has 0 aromatic carbocycles. The Morgan fingerprint density at radius 2 is 2.31 bits per heavy atom. The van der Waals surface area contributed by atoms with Crippen molar-refractivity contribution in [2.75, 3.05) is 0 Å². The molecule has 0 spiro atoms. The Hall–Kier alpha value is -0.150. The molecule has 4 heteroatoms. The first kappa shape index (κ1) is 9.41. The van der Waals surface area contributed by atoms with E-state index in [9.17, 15) is 0 Å². The van der Waals surface area contributed by atoms with Crippen LogP contribution < -0.4 is 0 Å². The van der Waals surface area contributed by atoms with Crippen LogP contribution in [-0.4, -0.2) is 15.6 Å². The van der Waals surface area contributed by atoms with Crippen molar-refractivity contribution in [3.63, 3.8) is 0 Å². The molecule has 1 aromatic rings. The van der Waals surface area contributed by atoms with Crippen LogP contribution in [-0.2, 0) is 6.42 Å². The number of hydrogen-bond acceptors (Lipinski definition) is 3. The standard InChI is InChI=1S/C9H13ClN2S/c1-6-11-12-9(13-6)5-7-3-2-4-8(7)10/h7-8H,2-5H2,1H3. The van der Waals surface area contributed by atoms with Gasteiger partial charge in [-0.15, -0.1) is 33.1 Å². The summed E-state index contributed by atoms with van der Waals surface area (Å²) in [5.74, 6) is 0.633. The fraction of sp³-hybridized carbons (Fsp3) is 0.778. The number of aryl methyl sites for hydroxylation is 1. The Kier molecular flexibility index (Phi) is 2.84. The molecular formula is C9H13ClN2S. The number of aromatic nitrogens is 2. The number of alkyl halides is 1. The normalized spacial score (nSPS) is 28.2. The van der Waals surface area contributed by atoms with Gasteiger partial charge in [-0.25, -0.2) is 0 Å². The first-order valence-electron chi connectivity index (χ1n) is 4.69. The molecule has 2 unspecified atom stereocenters. The van der Waals surface area contributed by atoms with E-state index in [1.165, 1.54) is 19.3 Å². The van der Waals surface area contributed by atoms with Gasteiger partial charge < -0.3 is 0 Å². The maximum atomic E-state index is 6.19. The zero-order valence-electron chi connectivity index (χ0n) is 7.66. The van der Waals surface area contributed by atoms with Crippen molar-refractivity contribution in [3.8, 4) is 0 Å². The Morgan fingerprint density at radius 3 is 2.85 bits per heavy atom. The Morgan fingerprint density at radius 1 is 1.46 bits per heavy atom. The molecule has 0 aliphatic heterocycles. The Bertz CT molecular complexity index is 287. The molecule has 2 rings (SSSR count). The van der Waals surface area contributed by atoms with Crippen molar-refractivity contribution < 1.29 is 0 Å². The SMILES string of the molecule is Cc1nnc(CC2CCCC2Cl)s1. The predicted molar refractivity (Wildman–Crippen MR) is 55.3 cm³/mol. The lowest BCUT2D eigenvalue weighted by atomic mass is 10.0. The third-order valence-electron chi connectivity index (χ3n) is 2.57. The lowest BCUT2D eigenvalue weighted by Crippen LogP contribution is -2.09. The summed E-state index contributed by atoms with van der Waals surface area (Å²) in [6.07, 6.45) is 4.73. The lowest BCUT2D eigenvalue weighted by Gasteiger charge is -2.10. The maximum absolute atomic E-state index is 6.19. The fourth-order valence-corrected chi connectivity index (χ4v) is 3.04. The van der Waals surface area contributed by atoms with Crippen LogP contribution >= 0.6 is 22.9 Å². The summed E-state index contributed by atoms with van der Waals surface area (Å²) in [6.45, 7) is 1.99. The van der Waals surface area contributed by atoms with Crippen LogP contribution in [0.25, 0.3) is 0 Å². The second kappa shape index (κ2) is 3.93. The Balaban J connectivity index is 1.97. The lowest BCUT2D eigenvalue weighted by molar-refractivity contribution is 0.548. The van der Waals surface area contributed by atoms with E-state index in [2.05, 4.69) is 10.2 Å². The molecule has 2 nitrogen and oxygen atoms in total. The van der Waals surface area contributed by atoms with Crippen LogP contribution in [0.2, 0.25) is 0 Å². The molecule has 1 saturated carbocycles. The van der Waals surface area contributed by atoms with Crippen molar-refractivity contribution in [1.29, 1.82) is 0 Å². The van der Waals surface area contributed by atoms with Gasteiger partial charge in [0.1, 0.15) is 10.0 Å². The van der Waals surface area contributed by atoms with E-state index in [1.54, 1.807) is 11.3 Å². The molecule has 1 aliphatic rings. The van der Waals surface area contributed by atoms with Crippen LogP contribution in [0, 0.1) is 12.8 Å². The van der Waals surface area contributed by atoms with Crippen molar-refractivity contribution >= 4 is 22.9 Å². The average molecular weight is 217 g/mol. The molecule has 0 radical (unpaired) electrons. The minimum Gasteiger partial charge on any atom is -0.144 e. The maximum Gasteiger partial charge on any atom is 0.117 e. The third kappa shape index (κ3) is 2.20. The molecule has 0 amide bonds. The molecule has 0 bridgehead atoms. The summed E-state index contributed by atoms with van der Waals surface area (Å²) in [7, 11) is 0. The molecule has 72 valence electrons. The van der Waals surface area contributed by atoms with Crippen LogP contribution in [0.1, 0.15) is 29.3 Å². The van der Waals surface area contributed by atoms with Crippen LogP contribution in [0.5, 0.6) is 0 Å². The second-order valence-corrected chi connectivity index (χ2v) is 5.45. The number of halogens is 1. The fourth-order valence-electron chi connectivity index (χ4n) is 1.87. The van der Waals surface area contributed by atoms with Gasteiger partial charge in [0.15, 0.2) is 0 Å². The predicted octanol–water partition coefficient (Wildman–Crippen LogP) is 2.80.